The highest BCUT2D eigenvalue weighted by atomic mass is 16.5. The molecule has 1 aliphatic carbocycles. The second kappa shape index (κ2) is 10.5. The predicted molar refractivity (Wildman–Crippen MR) is 140 cm³/mol. The Morgan fingerprint density at radius 1 is 0.500 bits per heavy atom. The average molecular weight is 517 g/mol. The zero-order valence-electron chi connectivity index (χ0n) is 21.5. The normalized spacial score (nSPS) is 20.3. The standard InChI is InChI=1S/C30H28O8/c1-33-19-9-5-17(6-10-19)23-24(18-7-11-20(34-2)12-8-18)26(30-28(36-4)22(32)14-16-38-30)25(23)29-27(35-3)21(31)13-15-37-29/h5-16,23-26H,1-4H3/t23-,24-,25+,26+/m1/s1. The van der Waals surface area contributed by atoms with Gasteiger partial charge in [0.2, 0.25) is 22.4 Å². The largest absolute Gasteiger partial charge is 0.497 e. The van der Waals surface area contributed by atoms with Crippen LogP contribution >= 0.6 is 0 Å². The third-order valence-electron chi connectivity index (χ3n) is 7.29. The Hall–Kier alpha value is -4.46. The quantitative estimate of drug-likeness (QED) is 0.320. The van der Waals surface area contributed by atoms with Gasteiger partial charge in [-0.3, -0.25) is 9.59 Å². The van der Waals surface area contributed by atoms with E-state index in [-0.39, 0.29) is 34.2 Å². The molecule has 2 heterocycles. The van der Waals surface area contributed by atoms with Crippen molar-refractivity contribution in [3.05, 3.63) is 116 Å². The maximum atomic E-state index is 12.8. The number of rotatable bonds is 8. The molecule has 1 aliphatic rings. The molecular formula is C30H28O8. The summed E-state index contributed by atoms with van der Waals surface area (Å²) >= 11 is 0. The summed E-state index contributed by atoms with van der Waals surface area (Å²) in [5.74, 6) is 1.26. The Morgan fingerprint density at radius 2 is 0.868 bits per heavy atom. The van der Waals surface area contributed by atoms with Crippen molar-refractivity contribution in [2.24, 2.45) is 0 Å². The minimum absolute atomic E-state index is 0.117. The molecule has 0 spiro atoms. The first-order valence-electron chi connectivity index (χ1n) is 12.1. The highest BCUT2D eigenvalue weighted by Crippen LogP contribution is 2.68. The molecule has 8 heteroatoms. The molecule has 0 N–H and O–H groups in total. The summed E-state index contributed by atoms with van der Waals surface area (Å²) in [4.78, 5) is 25.5. The van der Waals surface area contributed by atoms with Gasteiger partial charge < -0.3 is 27.8 Å². The van der Waals surface area contributed by atoms with E-state index in [1.54, 1.807) is 14.2 Å². The lowest BCUT2D eigenvalue weighted by molar-refractivity contribution is 0.160. The molecule has 2 aromatic heterocycles. The van der Waals surface area contributed by atoms with Crippen molar-refractivity contribution in [3.8, 4) is 23.0 Å². The average Bonchev–Trinajstić information content (AvgIpc) is 2.93. The molecule has 1 saturated carbocycles. The first-order valence-corrected chi connectivity index (χ1v) is 12.1. The molecule has 8 nitrogen and oxygen atoms in total. The summed E-state index contributed by atoms with van der Waals surface area (Å²) in [6, 6.07) is 18.2. The zero-order chi connectivity index (χ0) is 26.8. The van der Waals surface area contributed by atoms with Gasteiger partial charge in [0.25, 0.3) is 0 Å². The van der Waals surface area contributed by atoms with Gasteiger partial charge >= 0.3 is 0 Å². The molecule has 2 aromatic carbocycles. The van der Waals surface area contributed by atoms with Crippen LogP contribution in [0.2, 0.25) is 0 Å². The lowest BCUT2D eigenvalue weighted by Crippen LogP contribution is -2.41. The minimum atomic E-state index is -0.418. The summed E-state index contributed by atoms with van der Waals surface area (Å²) in [6.45, 7) is 0. The van der Waals surface area contributed by atoms with Crippen molar-refractivity contribution in [2.75, 3.05) is 28.4 Å². The fourth-order valence-electron chi connectivity index (χ4n) is 5.58. The number of ether oxygens (including phenoxy) is 4. The molecule has 196 valence electrons. The van der Waals surface area contributed by atoms with Gasteiger partial charge in [0, 0.05) is 35.8 Å². The smallest absolute Gasteiger partial charge is 0.227 e. The molecule has 1 fully saturated rings. The van der Waals surface area contributed by atoms with E-state index in [0.29, 0.717) is 11.5 Å². The van der Waals surface area contributed by atoms with E-state index < -0.39 is 11.8 Å². The summed E-state index contributed by atoms with van der Waals surface area (Å²) < 4.78 is 33.7. The molecule has 38 heavy (non-hydrogen) atoms. The van der Waals surface area contributed by atoms with Gasteiger partial charge in [-0.2, -0.15) is 0 Å². The molecule has 0 amide bonds. The maximum Gasteiger partial charge on any atom is 0.227 e. The molecule has 0 aliphatic heterocycles. The molecular weight excluding hydrogens is 488 g/mol. The lowest BCUT2D eigenvalue weighted by Gasteiger charge is -2.51. The Balaban J connectivity index is 1.77. The summed E-state index contributed by atoms with van der Waals surface area (Å²) in [6.07, 6.45) is 2.73. The first kappa shape index (κ1) is 25.2. The van der Waals surface area contributed by atoms with E-state index in [1.165, 1.54) is 38.9 Å². The fraction of sp³-hybridized carbons (Fsp3) is 0.267. The third kappa shape index (κ3) is 4.22. The van der Waals surface area contributed by atoms with Crippen molar-refractivity contribution < 1.29 is 27.8 Å². The molecule has 0 radical (unpaired) electrons. The van der Waals surface area contributed by atoms with E-state index >= 15 is 0 Å². The van der Waals surface area contributed by atoms with E-state index in [1.807, 2.05) is 48.5 Å². The Bertz CT molecular complexity index is 1400. The molecule has 0 unspecified atom stereocenters. The number of benzene rings is 2. The van der Waals surface area contributed by atoms with Crippen LogP contribution in [0.25, 0.3) is 0 Å². The van der Waals surface area contributed by atoms with Crippen LogP contribution in [-0.2, 0) is 0 Å². The molecule has 4 atom stereocenters. The predicted octanol–water partition coefficient (Wildman–Crippen LogP) is 5.08. The van der Waals surface area contributed by atoms with E-state index in [2.05, 4.69) is 0 Å². The summed E-state index contributed by atoms with van der Waals surface area (Å²) in [7, 11) is 6.11. The Morgan fingerprint density at radius 3 is 1.18 bits per heavy atom. The van der Waals surface area contributed by atoms with Crippen LogP contribution in [0.1, 0.15) is 46.3 Å². The van der Waals surface area contributed by atoms with Crippen LogP contribution in [0.4, 0.5) is 0 Å². The molecule has 4 aromatic rings. The first-order chi connectivity index (χ1) is 18.5. The van der Waals surface area contributed by atoms with Crippen LogP contribution in [0.5, 0.6) is 23.0 Å². The Labute approximate surface area is 219 Å². The number of methoxy groups -OCH3 is 4. The topological polar surface area (TPSA) is 97.3 Å². The van der Waals surface area contributed by atoms with Crippen molar-refractivity contribution in [1.29, 1.82) is 0 Å². The van der Waals surface area contributed by atoms with Crippen molar-refractivity contribution >= 4 is 0 Å². The molecule has 0 saturated heterocycles. The monoisotopic (exact) mass is 516 g/mol. The second-order valence-electron chi connectivity index (χ2n) is 9.01. The van der Waals surface area contributed by atoms with E-state index in [0.717, 1.165) is 22.6 Å². The van der Waals surface area contributed by atoms with Gasteiger partial charge in [0.15, 0.2) is 11.5 Å². The van der Waals surface area contributed by atoms with Crippen molar-refractivity contribution in [1.82, 2.24) is 0 Å². The van der Waals surface area contributed by atoms with E-state index in [4.69, 9.17) is 27.8 Å². The molecule has 0 bridgehead atoms. The van der Waals surface area contributed by atoms with Gasteiger partial charge in [0.05, 0.1) is 41.0 Å². The Kier molecular flexibility index (Phi) is 6.96. The third-order valence-corrected chi connectivity index (χ3v) is 7.29. The number of hydrogen-bond acceptors (Lipinski definition) is 8. The summed E-state index contributed by atoms with van der Waals surface area (Å²) in [5.41, 5.74) is 1.41. The SMILES string of the molecule is COc1ccc([C@@H]2[C@@H](c3ccc(OC)cc3)[C@H](c3occc(=O)c3OC)[C@H]2c2occc(=O)c2OC)cc1. The number of hydrogen-bond donors (Lipinski definition) is 0. The maximum absolute atomic E-state index is 12.8. The zero-order valence-corrected chi connectivity index (χ0v) is 21.5. The van der Waals surface area contributed by atoms with Gasteiger partial charge in [-0.05, 0) is 35.4 Å². The van der Waals surface area contributed by atoms with Gasteiger partial charge in [-0.15, -0.1) is 0 Å². The fourth-order valence-corrected chi connectivity index (χ4v) is 5.58. The van der Waals surface area contributed by atoms with Gasteiger partial charge in [0.1, 0.15) is 11.5 Å². The van der Waals surface area contributed by atoms with Crippen LogP contribution in [0.15, 0.2) is 91.6 Å². The van der Waals surface area contributed by atoms with Gasteiger partial charge in [-0.1, -0.05) is 24.3 Å². The van der Waals surface area contributed by atoms with Crippen molar-refractivity contribution in [3.63, 3.8) is 0 Å². The van der Waals surface area contributed by atoms with Crippen LogP contribution in [-0.4, -0.2) is 28.4 Å². The summed E-state index contributed by atoms with van der Waals surface area (Å²) in [5, 5.41) is 0. The van der Waals surface area contributed by atoms with E-state index in [9.17, 15) is 9.59 Å². The van der Waals surface area contributed by atoms with Crippen LogP contribution < -0.4 is 29.8 Å². The van der Waals surface area contributed by atoms with Gasteiger partial charge in [-0.25, -0.2) is 0 Å². The van der Waals surface area contributed by atoms with Crippen molar-refractivity contribution in [2.45, 2.75) is 23.7 Å². The highest BCUT2D eigenvalue weighted by Gasteiger charge is 2.57. The van der Waals surface area contributed by atoms with Crippen LogP contribution in [0, 0.1) is 0 Å². The lowest BCUT2D eigenvalue weighted by atomic mass is 9.51. The highest BCUT2D eigenvalue weighted by molar-refractivity contribution is 5.50. The van der Waals surface area contributed by atoms with Crippen LogP contribution in [0.3, 0.4) is 0 Å². The molecule has 5 rings (SSSR count). The minimum Gasteiger partial charge on any atom is -0.497 e. The second-order valence-corrected chi connectivity index (χ2v) is 9.01.